The molecular formula is C20H24ClN5O3S. The molecule has 0 atom stereocenters. The Labute approximate surface area is 180 Å². The second-order valence-electron chi connectivity index (χ2n) is 7.61. The zero-order valence-corrected chi connectivity index (χ0v) is 19.0. The third-order valence-corrected chi connectivity index (χ3v) is 6.32. The number of nitrogens with one attached hydrogen (secondary N) is 2. The number of benzene rings is 1. The van der Waals surface area contributed by atoms with E-state index in [-0.39, 0.29) is 33.5 Å². The van der Waals surface area contributed by atoms with Crippen LogP contribution in [0.25, 0.3) is 11.0 Å². The number of sulfonamides is 1. The monoisotopic (exact) mass is 449 g/mol. The van der Waals surface area contributed by atoms with Gasteiger partial charge in [0.2, 0.25) is 16.0 Å². The van der Waals surface area contributed by atoms with Crippen molar-refractivity contribution in [3.8, 4) is 0 Å². The first-order valence-corrected chi connectivity index (χ1v) is 11.3. The van der Waals surface area contributed by atoms with Crippen molar-refractivity contribution < 1.29 is 8.42 Å². The molecule has 0 saturated heterocycles. The van der Waals surface area contributed by atoms with Gasteiger partial charge in [-0.05, 0) is 64.4 Å². The first-order chi connectivity index (χ1) is 14.0. The van der Waals surface area contributed by atoms with Crippen molar-refractivity contribution in [2.75, 3.05) is 5.32 Å². The third-order valence-electron chi connectivity index (χ3n) is 4.39. The molecule has 0 radical (unpaired) electrons. The molecule has 3 rings (SSSR count). The Balaban J connectivity index is 2.00. The van der Waals surface area contributed by atoms with E-state index in [4.69, 9.17) is 11.6 Å². The Bertz CT molecular complexity index is 1270. The zero-order chi connectivity index (χ0) is 22.2. The van der Waals surface area contributed by atoms with Crippen LogP contribution >= 0.6 is 11.6 Å². The lowest BCUT2D eigenvalue weighted by molar-refractivity contribution is 0.570. The van der Waals surface area contributed by atoms with Gasteiger partial charge in [0.25, 0.3) is 5.56 Å². The molecular weight excluding hydrogens is 426 g/mol. The maximum Gasteiger partial charge on any atom is 0.271 e. The van der Waals surface area contributed by atoms with Gasteiger partial charge in [-0.15, -0.1) is 0 Å². The standard InChI is InChI=1S/C20H24ClN5O3S/c1-11(2)25-30(28,29)15-6-7-17(13(5)8-15)23-20-22-10-14-9-16(21)19(27)26(12(3)4)18(14)24-20/h6-12,25H,1-5H3,(H,22,23,24). The summed E-state index contributed by atoms with van der Waals surface area (Å²) in [4.78, 5) is 21.4. The molecule has 30 heavy (non-hydrogen) atoms. The fraction of sp³-hybridized carbons (Fsp3) is 0.350. The normalized spacial score (nSPS) is 12.1. The molecule has 160 valence electrons. The van der Waals surface area contributed by atoms with Crippen LogP contribution in [0, 0.1) is 6.92 Å². The average molecular weight is 450 g/mol. The second-order valence-corrected chi connectivity index (χ2v) is 9.73. The van der Waals surface area contributed by atoms with E-state index in [2.05, 4.69) is 20.0 Å². The second kappa shape index (κ2) is 8.33. The number of aromatic nitrogens is 3. The minimum absolute atomic E-state index is 0.114. The number of anilines is 2. The van der Waals surface area contributed by atoms with Gasteiger partial charge in [0.1, 0.15) is 10.7 Å². The number of fused-ring (bicyclic) bond motifs is 1. The summed E-state index contributed by atoms with van der Waals surface area (Å²) in [7, 11) is -3.58. The minimum atomic E-state index is -3.58. The number of hydrogen-bond acceptors (Lipinski definition) is 6. The minimum Gasteiger partial charge on any atom is -0.324 e. The van der Waals surface area contributed by atoms with Crippen molar-refractivity contribution in [3.63, 3.8) is 0 Å². The van der Waals surface area contributed by atoms with Crippen molar-refractivity contribution in [2.24, 2.45) is 0 Å². The van der Waals surface area contributed by atoms with Crippen molar-refractivity contribution in [3.05, 3.63) is 51.4 Å². The highest BCUT2D eigenvalue weighted by Crippen LogP contribution is 2.24. The van der Waals surface area contributed by atoms with Crippen molar-refractivity contribution in [2.45, 2.75) is 51.6 Å². The molecule has 3 aromatic rings. The highest BCUT2D eigenvalue weighted by atomic mass is 35.5. The van der Waals surface area contributed by atoms with Gasteiger partial charge in [-0.3, -0.25) is 9.36 Å². The summed E-state index contributed by atoms with van der Waals surface area (Å²) in [6.45, 7) is 9.08. The molecule has 0 amide bonds. The van der Waals surface area contributed by atoms with E-state index in [9.17, 15) is 13.2 Å². The van der Waals surface area contributed by atoms with E-state index in [0.717, 1.165) is 0 Å². The van der Waals surface area contributed by atoms with Crippen LogP contribution < -0.4 is 15.6 Å². The van der Waals surface area contributed by atoms with Crippen molar-refractivity contribution in [1.82, 2.24) is 19.3 Å². The first-order valence-electron chi connectivity index (χ1n) is 9.47. The molecule has 0 spiro atoms. The highest BCUT2D eigenvalue weighted by Gasteiger charge is 2.17. The lowest BCUT2D eigenvalue weighted by atomic mass is 10.2. The molecule has 0 fully saturated rings. The van der Waals surface area contributed by atoms with Gasteiger partial charge in [0.05, 0.1) is 4.90 Å². The number of pyridine rings is 1. The Morgan fingerprint density at radius 3 is 2.43 bits per heavy atom. The van der Waals surface area contributed by atoms with Gasteiger partial charge in [-0.2, -0.15) is 4.98 Å². The summed E-state index contributed by atoms with van der Waals surface area (Å²) in [5.41, 5.74) is 1.52. The quantitative estimate of drug-likeness (QED) is 0.593. The molecule has 2 heterocycles. The van der Waals surface area contributed by atoms with Crippen LogP contribution in [0.5, 0.6) is 0 Å². The van der Waals surface area contributed by atoms with Crippen molar-refractivity contribution >= 4 is 44.3 Å². The summed E-state index contributed by atoms with van der Waals surface area (Å²) in [5.74, 6) is 0.289. The van der Waals surface area contributed by atoms with Gasteiger partial charge in [-0.25, -0.2) is 18.1 Å². The first kappa shape index (κ1) is 22.2. The van der Waals surface area contributed by atoms with E-state index in [1.54, 1.807) is 45.2 Å². The molecule has 8 nitrogen and oxygen atoms in total. The molecule has 10 heteroatoms. The van der Waals surface area contributed by atoms with E-state index in [0.29, 0.717) is 22.3 Å². The molecule has 0 saturated carbocycles. The van der Waals surface area contributed by atoms with E-state index < -0.39 is 10.0 Å². The smallest absolute Gasteiger partial charge is 0.271 e. The average Bonchev–Trinajstić information content (AvgIpc) is 2.63. The lowest BCUT2D eigenvalue weighted by Gasteiger charge is -2.15. The molecule has 0 aliphatic heterocycles. The summed E-state index contributed by atoms with van der Waals surface area (Å²) in [6, 6.07) is 5.97. The molecule has 0 aliphatic carbocycles. The number of nitrogens with zero attached hydrogens (tertiary/aromatic N) is 3. The van der Waals surface area contributed by atoms with Crippen LogP contribution in [-0.2, 0) is 10.0 Å². The number of hydrogen-bond donors (Lipinski definition) is 2. The van der Waals surface area contributed by atoms with Crippen molar-refractivity contribution in [1.29, 1.82) is 0 Å². The molecule has 0 aliphatic rings. The Kier molecular flexibility index (Phi) is 6.16. The Hall–Kier alpha value is -2.49. The molecule has 2 N–H and O–H groups in total. The maximum absolute atomic E-state index is 12.4. The van der Waals surface area contributed by atoms with Gasteiger partial charge >= 0.3 is 0 Å². The fourth-order valence-electron chi connectivity index (χ4n) is 3.07. The van der Waals surface area contributed by atoms with E-state index >= 15 is 0 Å². The Morgan fingerprint density at radius 1 is 1.13 bits per heavy atom. The molecule has 0 bridgehead atoms. The van der Waals surface area contributed by atoms with Gasteiger partial charge in [0.15, 0.2) is 0 Å². The summed E-state index contributed by atoms with van der Waals surface area (Å²) in [6.07, 6.45) is 1.59. The Morgan fingerprint density at radius 2 is 1.83 bits per heavy atom. The SMILES string of the molecule is Cc1cc(S(=O)(=O)NC(C)C)ccc1Nc1ncc2cc(Cl)c(=O)n(C(C)C)c2n1. The van der Waals surface area contributed by atoms with Gasteiger partial charge in [0, 0.05) is 29.4 Å². The third kappa shape index (κ3) is 4.48. The zero-order valence-electron chi connectivity index (χ0n) is 17.4. The van der Waals surface area contributed by atoms with Crippen LogP contribution in [0.2, 0.25) is 5.02 Å². The van der Waals surface area contributed by atoms with Gasteiger partial charge < -0.3 is 5.32 Å². The van der Waals surface area contributed by atoms with Crippen LogP contribution in [0.15, 0.2) is 40.2 Å². The van der Waals surface area contributed by atoms with Crippen LogP contribution in [0.1, 0.15) is 39.3 Å². The van der Waals surface area contributed by atoms with Crippen LogP contribution in [0.4, 0.5) is 11.6 Å². The van der Waals surface area contributed by atoms with E-state index in [1.807, 2.05) is 13.8 Å². The number of halogens is 1. The summed E-state index contributed by atoms with van der Waals surface area (Å²) in [5, 5.41) is 3.86. The topological polar surface area (TPSA) is 106 Å². The fourth-order valence-corrected chi connectivity index (χ4v) is 4.61. The maximum atomic E-state index is 12.4. The predicted octanol–water partition coefficient (Wildman–Crippen LogP) is 3.76. The highest BCUT2D eigenvalue weighted by molar-refractivity contribution is 7.89. The largest absolute Gasteiger partial charge is 0.324 e. The summed E-state index contributed by atoms with van der Waals surface area (Å²) >= 11 is 6.05. The number of aryl methyl sites for hydroxylation is 1. The number of rotatable bonds is 6. The van der Waals surface area contributed by atoms with E-state index in [1.165, 1.54) is 10.6 Å². The van der Waals surface area contributed by atoms with Crippen LogP contribution in [0.3, 0.4) is 0 Å². The lowest BCUT2D eigenvalue weighted by Crippen LogP contribution is -2.30. The molecule has 1 aromatic carbocycles. The van der Waals surface area contributed by atoms with Crippen LogP contribution in [-0.4, -0.2) is 29.0 Å². The summed E-state index contributed by atoms with van der Waals surface area (Å²) < 4.78 is 28.8. The predicted molar refractivity (Wildman–Crippen MR) is 119 cm³/mol. The molecule has 2 aromatic heterocycles. The molecule has 0 unspecified atom stereocenters. The van der Waals surface area contributed by atoms with Gasteiger partial charge in [-0.1, -0.05) is 11.6 Å².